The van der Waals surface area contributed by atoms with Crippen LogP contribution in [0.1, 0.15) is 15.2 Å². The van der Waals surface area contributed by atoms with E-state index in [2.05, 4.69) is 5.32 Å². The Morgan fingerprint density at radius 2 is 2.05 bits per heavy atom. The third kappa shape index (κ3) is 3.86. The van der Waals surface area contributed by atoms with E-state index < -0.39 is 5.91 Å². The van der Waals surface area contributed by atoms with Crippen molar-refractivity contribution in [3.8, 4) is 0 Å². The molecule has 3 N–H and O–H groups in total. The van der Waals surface area contributed by atoms with Crippen molar-refractivity contribution < 1.29 is 4.79 Å². The van der Waals surface area contributed by atoms with Crippen LogP contribution in [0.15, 0.2) is 30.3 Å². The van der Waals surface area contributed by atoms with Crippen LogP contribution in [0, 0.1) is 0 Å². The van der Waals surface area contributed by atoms with Crippen molar-refractivity contribution in [1.29, 1.82) is 0 Å². The van der Waals surface area contributed by atoms with Gasteiger partial charge < -0.3 is 11.1 Å². The fourth-order valence-corrected chi connectivity index (χ4v) is 3.00. The summed E-state index contributed by atoms with van der Waals surface area (Å²) in [6.45, 7) is 0.767. The maximum Gasteiger partial charge on any atom is 0.250 e. The van der Waals surface area contributed by atoms with Crippen LogP contribution in [-0.2, 0) is 6.42 Å². The lowest BCUT2D eigenvalue weighted by Gasteiger charge is -2.07. The van der Waals surface area contributed by atoms with Crippen LogP contribution in [0.4, 0.5) is 5.69 Å². The Kier molecular flexibility index (Phi) is 4.69. The van der Waals surface area contributed by atoms with Gasteiger partial charge in [-0.2, -0.15) is 0 Å². The molecule has 1 heterocycles. The topological polar surface area (TPSA) is 55.1 Å². The molecular weight excluding hydrogens is 303 g/mol. The number of thiophene rings is 1. The van der Waals surface area contributed by atoms with Gasteiger partial charge in [-0.3, -0.25) is 4.79 Å². The lowest BCUT2D eigenvalue weighted by atomic mass is 10.2. The fraction of sp³-hybridized carbons (Fsp3) is 0.154. The summed E-state index contributed by atoms with van der Waals surface area (Å²) in [7, 11) is 0. The summed E-state index contributed by atoms with van der Waals surface area (Å²) in [6.07, 6.45) is 0.882. The van der Waals surface area contributed by atoms with Crippen LogP contribution >= 0.6 is 34.5 Å². The molecule has 0 saturated heterocycles. The van der Waals surface area contributed by atoms with Crippen LogP contribution in [-0.4, -0.2) is 12.5 Å². The van der Waals surface area contributed by atoms with Gasteiger partial charge in [-0.25, -0.2) is 0 Å². The van der Waals surface area contributed by atoms with Crippen molar-refractivity contribution in [2.75, 3.05) is 11.9 Å². The van der Waals surface area contributed by atoms with E-state index in [4.69, 9.17) is 28.9 Å². The van der Waals surface area contributed by atoms with Crippen molar-refractivity contribution in [2.24, 2.45) is 5.73 Å². The minimum absolute atomic E-state index is 0.331. The van der Waals surface area contributed by atoms with Crippen molar-refractivity contribution in [1.82, 2.24) is 0 Å². The molecule has 3 nitrogen and oxygen atoms in total. The first kappa shape index (κ1) is 14.2. The number of nitrogens with one attached hydrogen (secondary N) is 1. The third-order valence-electron chi connectivity index (χ3n) is 2.56. The Labute approximate surface area is 125 Å². The van der Waals surface area contributed by atoms with Gasteiger partial charge in [0.15, 0.2) is 0 Å². The summed E-state index contributed by atoms with van der Waals surface area (Å²) in [4.78, 5) is 12.3. The second-order valence-electron chi connectivity index (χ2n) is 3.94. The number of amides is 1. The van der Waals surface area contributed by atoms with Gasteiger partial charge in [0, 0.05) is 17.1 Å². The molecule has 0 radical (unpaired) electrons. The van der Waals surface area contributed by atoms with E-state index in [9.17, 15) is 4.79 Å². The summed E-state index contributed by atoms with van der Waals surface area (Å²) < 4.78 is 0.795. The highest BCUT2D eigenvalue weighted by Crippen LogP contribution is 2.23. The minimum Gasteiger partial charge on any atom is -0.385 e. The van der Waals surface area contributed by atoms with Crippen LogP contribution in [0.3, 0.4) is 0 Å². The van der Waals surface area contributed by atoms with Crippen molar-refractivity contribution in [3.05, 3.63) is 50.1 Å². The van der Waals surface area contributed by atoms with Crippen molar-refractivity contribution in [2.45, 2.75) is 6.42 Å². The molecule has 1 amide bonds. The van der Waals surface area contributed by atoms with Gasteiger partial charge in [-0.05, 0) is 36.8 Å². The first-order chi connectivity index (χ1) is 9.06. The molecule has 0 aliphatic carbocycles. The Hall–Kier alpha value is -1.23. The molecule has 0 saturated carbocycles. The summed E-state index contributed by atoms with van der Waals surface area (Å²) in [6, 6.07) is 9.00. The number of benzene rings is 1. The Morgan fingerprint density at radius 3 is 2.63 bits per heavy atom. The number of nitrogens with two attached hydrogens (primary N) is 1. The van der Waals surface area contributed by atoms with Gasteiger partial charge in [0.2, 0.25) is 5.91 Å². The number of halogens is 2. The van der Waals surface area contributed by atoms with Crippen molar-refractivity contribution >= 4 is 46.1 Å². The van der Waals surface area contributed by atoms with E-state index in [1.54, 1.807) is 29.5 Å². The normalized spacial score (nSPS) is 10.4. The van der Waals surface area contributed by atoms with E-state index in [-0.39, 0.29) is 0 Å². The zero-order chi connectivity index (χ0) is 13.8. The van der Waals surface area contributed by atoms with E-state index in [1.807, 2.05) is 12.1 Å². The van der Waals surface area contributed by atoms with Gasteiger partial charge in [0.1, 0.15) is 0 Å². The monoisotopic (exact) mass is 314 g/mol. The van der Waals surface area contributed by atoms with Crippen LogP contribution in [0.5, 0.6) is 0 Å². The second-order valence-corrected chi connectivity index (χ2v) is 6.15. The molecule has 1 aromatic carbocycles. The average Bonchev–Trinajstić information content (AvgIpc) is 2.75. The van der Waals surface area contributed by atoms with E-state index in [1.165, 1.54) is 4.88 Å². The third-order valence-corrected chi connectivity index (χ3v) is 4.17. The smallest absolute Gasteiger partial charge is 0.250 e. The first-order valence-electron chi connectivity index (χ1n) is 5.63. The molecule has 0 spiro atoms. The maximum absolute atomic E-state index is 11.0. The molecule has 0 aliphatic rings. The zero-order valence-electron chi connectivity index (χ0n) is 9.95. The molecule has 0 fully saturated rings. The lowest BCUT2D eigenvalue weighted by molar-refractivity contribution is 0.100. The minimum atomic E-state index is -0.523. The van der Waals surface area contributed by atoms with Crippen molar-refractivity contribution in [3.63, 3.8) is 0 Å². The average molecular weight is 315 g/mol. The number of hydrogen-bond donors (Lipinski definition) is 2. The quantitative estimate of drug-likeness (QED) is 0.881. The predicted octanol–water partition coefficient (Wildman–Crippen LogP) is 3.81. The van der Waals surface area contributed by atoms with Crippen LogP contribution in [0.2, 0.25) is 9.36 Å². The standard InChI is InChI=1S/C13H12Cl2N2OS/c14-11-7-8(1-3-10(11)13(16)18)17-6-5-9-2-4-12(15)19-9/h1-4,7,17H,5-6H2,(H2,16,18). The Balaban J connectivity index is 1.93. The lowest BCUT2D eigenvalue weighted by Crippen LogP contribution is -2.12. The van der Waals surface area contributed by atoms with Gasteiger partial charge in [-0.15, -0.1) is 11.3 Å². The molecule has 0 bridgehead atoms. The SMILES string of the molecule is NC(=O)c1ccc(NCCc2ccc(Cl)s2)cc1Cl. The molecule has 2 rings (SSSR count). The number of hydrogen-bond acceptors (Lipinski definition) is 3. The molecule has 1 aromatic heterocycles. The van der Waals surface area contributed by atoms with Gasteiger partial charge in [-0.1, -0.05) is 23.2 Å². The summed E-state index contributed by atoms with van der Waals surface area (Å²) in [5.41, 5.74) is 6.38. The zero-order valence-corrected chi connectivity index (χ0v) is 12.3. The molecule has 6 heteroatoms. The number of carbonyl (C=O) groups is 1. The molecule has 2 aromatic rings. The molecule has 19 heavy (non-hydrogen) atoms. The number of primary amides is 1. The van der Waals surface area contributed by atoms with Gasteiger partial charge in [0.25, 0.3) is 0 Å². The highest BCUT2D eigenvalue weighted by molar-refractivity contribution is 7.16. The summed E-state index contributed by atoms with van der Waals surface area (Å²) in [5.74, 6) is -0.523. The predicted molar refractivity (Wildman–Crippen MR) is 81.5 cm³/mol. The number of anilines is 1. The van der Waals surface area contributed by atoms with Crippen LogP contribution < -0.4 is 11.1 Å². The Bertz CT molecular complexity index is 598. The molecule has 0 unspecified atom stereocenters. The second kappa shape index (κ2) is 6.28. The highest BCUT2D eigenvalue weighted by atomic mass is 35.5. The highest BCUT2D eigenvalue weighted by Gasteiger charge is 2.06. The van der Waals surface area contributed by atoms with E-state index in [0.29, 0.717) is 10.6 Å². The summed E-state index contributed by atoms with van der Waals surface area (Å²) in [5, 5.41) is 3.59. The molecule has 100 valence electrons. The number of rotatable bonds is 5. The summed E-state index contributed by atoms with van der Waals surface area (Å²) >= 11 is 13.4. The maximum atomic E-state index is 11.0. The largest absolute Gasteiger partial charge is 0.385 e. The number of carbonyl (C=O) groups excluding carboxylic acids is 1. The van der Waals surface area contributed by atoms with E-state index >= 15 is 0 Å². The van der Waals surface area contributed by atoms with Gasteiger partial charge >= 0.3 is 0 Å². The molecule has 0 atom stereocenters. The first-order valence-corrected chi connectivity index (χ1v) is 7.21. The van der Waals surface area contributed by atoms with Gasteiger partial charge in [0.05, 0.1) is 14.9 Å². The molecule has 0 aliphatic heterocycles. The Morgan fingerprint density at radius 1 is 1.26 bits per heavy atom. The molecular formula is C13H12Cl2N2OS. The fourth-order valence-electron chi connectivity index (χ4n) is 1.64. The van der Waals surface area contributed by atoms with E-state index in [0.717, 1.165) is 23.0 Å². The van der Waals surface area contributed by atoms with Crippen LogP contribution in [0.25, 0.3) is 0 Å².